The molecular weight excluding hydrogens is 499 g/mol. The lowest BCUT2D eigenvalue weighted by Gasteiger charge is -2.22. The Hall–Kier alpha value is -2.91. The molecular formula is C24H22Cl2N2O5S. The number of carbonyl (C=O) groups is 2. The second-order valence-electron chi connectivity index (χ2n) is 7.18. The highest BCUT2D eigenvalue weighted by atomic mass is 35.5. The number of ether oxygens (including phenoxy) is 1. The van der Waals surface area contributed by atoms with E-state index in [1.807, 2.05) is 6.07 Å². The van der Waals surface area contributed by atoms with E-state index in [9.17, 15) is 18.0 Å². The number of nitrogens with zero attached hydrogens (tertiary/aromatic N) is 1. The molecule has 0 saturated carbocycles. The van der Waals surface area contributed by atoms with Crippen molar-refractivity contribution in [2.45, 2.75) is 18.4 Å². The van der Waals surface area contributed by atoms with Crippen LogP contribution in [0.5, 0.6) is 0 Å². The molecule has 7 nitrogen and oxygen atoms in total. The summed E-state index contributed by atoms with van der Waals surface area (Å²) >= 11 is 12.2. The van der Waals surface area contributed by atoms with Crippen LogP contribution in [0.15, 0.2) is 77.7 Å². The third-order valence-electron chi connectivity index (χ3n) is 4.71. The standard InChI is InChI=1S/C24H22Cl2N2O5S/c1-2-33-24(30)18-8-11-20(12-9-18)27-23(29)16-28(15-17-6-4-3-5-7-17)34(31,32)22-14-19(25)10-13-21(22)26/h3-14H,2,15-16H2,1H3,(H,27,29). The second kappa shape index (κ2) is 11.5. The summed E-state index contributed by atoms with van der Waals surface area (Å²) in [6, 6.07) is 19.1. The number of hydrogen-bond donors (Lipinski definition) is 1. The van der Waals surface area contributed by atoms with Gasteiger partial charge >= 0.3 is 5.97 Å². The Morgan fingerprint density at radius 3 is 2.29 bits per heavy atom. The average Bonchev–Trinajstić information content (AvgIpc) is 2.81. The molecule has 0 heterocycles. The molecule has 0 unspecified atom stereocenters. The van der Waals surface area contributed by atoms with Crippen molar-refractivity contribution >= 4 is 50.8 Å². The van der Waals surface area contributed by atoms with E-state index < -0.39 is 28.4 Å². The lowest BCUT2D eigenvalue weighted by Crippen LogP contribution is -2.37. The largest absolute Gasteiger partial charge is 0.462 e. The quantitative estimate of drug-likeness (QED) is 0.400. The predicted octanol–water partition coefficient (Wildman–Crippen LogP) is 5.00. The van der Waals surface area contributed by atoms with Crippen molar-refractivity contribution in [2.75, 3.05) is 18.5 Å². The topological polar surface area (TPSA) is 92.8 Å². The van der Waals surface area contributed by atoms with Crippen LogP contribution in [0.4, 0.5) is 5.69 Å². The zero-order valence-electron chi connectivity index (χ0n) is 18.2. The summed E-state index contributed by atoms with van der Waals surface area (Å²) in [6.07, 6.45) is 0. The molecule has 0 radical (unpaired) electrons. The molecule has 1 N–H and O–H groups in total. The van der Waals surface area contributed by atoms with Gasteiger partial charge in [-0.25, -0.2) is 13.2 Å². The third-order valence-corrected chi connectivity index (χ3v) is 7.22. The normalized spacial score (nSPS) is 11.3. The molecule has 0 spiro atoms. The Kier molecular flexibility index (Phi) is 8.68. The second-order valence-corrected chi connectivity index (χ2v) is 9.93. The lowest BCUT2D eigenvalue weighted by atomic mass is 10.2. The molecule has 3 rings (SSSR count). The summed E-state index contributed by atoms with van der Waals surface area (Å²) in [5.41, 5.74) is 1.43. The number of hydrogen-bond acceptors (Lipinski definition) is 5. The number of rotatable bonds is 9. The summed E-state index contributed by atoms with van der Waals surface area (Å²) in [4.78, 5) is 24.4. The fourth-order valence-corrected chi connectivity index (χ4v) is 5.21. The highest BCUT2D eigenvalue weighted by molar-refractivity contribution is 7.89. The first kappa shape index (κ1) is 25.7. The van der Waals surface area contributed by atoms with Gasteiger partial charge in [-0.1, -0.05) is 53.5 Å². The number of esters is 1. The summed E-state index contributed by atoms with van der Waals surface area (Å²) < 4.78 is 32.8. The lowest BCUT2D eigenvalue weighted by molar-refractivity contribution is -0.116. The Morgan fingerprint density at radius 1 is 0.971 bits per heavy atom. The predicted molar refractivity (Wildman–Crippen MR) is 132 cm³/mol. The van der Waals surface area contributed by atoms with Gasteiger partial charge in [-0.05, 0) is 55.0 Å². The number of sulfonamides is 1. The minimum absolute atomic E-state index is 0.00239. The molecule has 0 atom stereocenters. The van der Waals surface area contributed by atoms with Gasteiger partial charge in [-0.15, -0.1) is 0 Å². The smallest absolute Gasteiger partial charge is 0.338 e. The Morgan fingerprint density at radius 2 is 1.65 bits per heavy atom. The monoisotopic (exact) mass is 520 g/mol. The van der Waals surface area contributed by atoms with E-state index in [-0.39, 0.29) is 28.1 Å². The van der Waals surface area contributed by atoms with Crippen molar-refractivity contribution in [3.63, 3.8) is 0 Å². The first-order chi connectivity index (χ1) is 16.2. The van der Waals surface area contributed by atoms with Crippen molar-refractivity contribution in [1.29, 1.82) is 0 Å². The molecule has 0 aliphatic carbocycles. The summed E-state index contributed by atoms with van der Waals surface area (Å²) in [5.74, 6) is -1.04. The zero-order chi connectivity index (χ0) is 24.7. The van der Waals surface area contributed by atoms with E-state index in [0.29, 0.717) is 16.8 Å². The van der Waals surface area contributed by atoms with E-state index in [2.05, 4.69) is 5.32 Å². The molecule has 0 bridgehead atoms. The molecule has 0 saturated heterocycles. The van der Waals surface area contributed by atoms with Gasteiger partial charge in [-0.2, -0.15) is 4.31 Å². The highest BCUT2D eigenvalue weighted by Crippen LogP contribution is 2.28. The number of anilines is 1. The van der Waals surface area contributed by atoms with Crippen LogP contribution in [-0.2, 0) is 26.1 Å². The molecule has 0 aliphatic heterocycles. The number of amides is 1. The average molecular weight is 521 g/mol. The van der Waals surface area contributed by atoms with E-state index >= 15 is 0 Å². The minimum Gasteiger partial charge on any atom is -0.462 e. The van der Waals surface area contributed by atoms with Gasteiger partial charge in [0.25, 0.3) is 0 Å². The van der Waals surface area contributed by atoms with E-state index in [0.717, 1.165) is 4.31 Å². The molecule has 1 amide bonds. The van der Waals surface area contributed by atoms with Crippen molar-refractivity contribution in [1.82, 2.24) is 4.31 Å². The number of benzene rings is 3. The Bertz CT molecular complexity index is 1270. The Balaban J connectivity index is 1.83. The van der Waals surface area contributed by atoms with Crippen molar-refractivity contribution < 1.29 is 22.7 Å². The molecule has 0 aliphatic rings. The van der Waals surface area contributed by atoms with Crippen molar-refractivity contribution in [3.05, 3.63) is 94.0 Å². The van der Waals surface area contributed by atoms with Crippen LogP contribution < -0.4 is 5.32 Å². The SMILES string of the molecule is CCOC(=O)c1ccc(NC(=O)CN(Cc2ccccc2)S(=O)(=O)c2cc(Cl)ccc2Cl)cc1. The van der Waals surface area contributed by atoms with Crippen molar-refractivity contribution in [3.8, 4) is 0 Å². The molecule has 3 aromatic rings. The van der Waals surface area contributed by atoms with Gasteiger partial charge in [0.2, 0.25) is 15.9 Å². The molecule has 34 heavy (non-hydrogen) atoms. The van der Waals surface area contributed by atoms with Gasteiger partial charge < -0.3 is 10.1 Å². The van der Waals surface area contributed by atoms with Crippen LogP contribution in [-0.4, -0.2) is 37.8 Å². The van der Waals surface area contributed by atoms with Crippen molar-refractivity contribution in [2.24, 2.45) is 0 Å². The maximum absolute atomic E-state index is 13.4. The van der Waals surface area contributed by atoms with E-state index in [1.165, 1.54) is 42.5 Å². The van der Waals surface area contributed by atoms with E-state index in [4.69, 9.17) is 27.9 Å². The maximum Gasteiger partial charge on any atom is 0.338 e. The molecule has 0 aromatic heterocycles. The van der Waals surface area contributed by atoms with Crippen LogP contribution in [0.2, 0.25) is 10.0 Å². The van der Waals surface area contributed by atoms with Crippen LogP contribution in [0.25, 0.3) is 0 Å². The van der Waals surface area contributed by atoms with Gasteiger partial charge in [0.05, 0.1) is 23.7 Å². The van der Waals surface area contributed by atoms with Gasteiger partial charge in [0.15, 0.2) is 0 Å². The van der Waals surface area contributed by atoms with Gasteiger partial charge in [-0.3, -0.25) is 4.79 Å². The fourth-order valence-electron chi connectivity index (χ4n) is 3.09. The molecule has 3 aromatic carbocycles. The third kappa shape index (κ3) is 6.57. The number of carbonyl (C=O) groups excluding carboxylic acids is 2. The molecule has 10 heteroatoms. The minimum atomic E-state index is -4.17. The van der Waals surface area contributed by atoms with Crippen LogP contribution in [0, 0.1) is 0 Å². The van der Waals surface area contributed by atoms with E-state index in [1.54, 1.807) is 31.2 Å². The fraction of sp³-hybridized carbons (Fsp3) is 0.167. The number of halogens is 2. The summed E-state index contributed by atoms with van der Waals surface area (Å²) in [6.45, 7) is 1.43. The first-order valence-electron chi connectivity index (χ1n) is 10.3. The molecule has 0 fully saturated rings. The Labute approximate surface area is 208 Å². The summed E-state index contributed by atoms with van der Waals surface area (Å²) in [7, 11) is -4.17. The van der Waals surface area contributed by atoms with Gasteiger partial charge in [0, 0.05) is 17.3 Å². The van der Waals surface area contributed by atoms with Crippen LogP contribution in [0.3, 0.4) is 0 Å². The zero-order valence-corrected chi connectivity index (χ0v) is 20.5. The van der Waals surface area contributed by atoms with Crippen LogP contribution in [0.1, 0.15) is 22.8 Å². The number of nitrogens with one attached hydrogen (secondary N) is 1. The summed E-state index contributed by atoms with van der Waals surface area (Å²) in [5, 5.41) is 2.85. The van der Waals surface area contributed by atoms with Gasteiger partial charge in [0.1, 0.15) is 4.90 Å². The highest BCUT2D eigenvalue weighted by Gasteiger charge is 2.29. The van der Waals surface area contributed by atoms with Crippen LogP contribution >= 0.6 is 23.2 Å². The maximum atomic E-state index is 13.4. The first-order valence-corrected chi connectivity index (χ1v) is 12.5. The molecule has 178 valence electrons.